The van der Waals surface area contributed by atoms with Gasteiger partial charge in [0.15, 0.2) is 11.5 Å². The molecule has 0 amide bonds. The Balaban J connectivity index is 0.00000242. The van der Waals surface area contributed by atoms with Gasteiger partial charge in [0, 0.05) is 32.7 Å². The molecule has 8 heteroatoms. The highest BCUT2D eigenvalue weighted by molar-refractivity contribution is 8.22. The first kappa shape index (κ1) is 19.3. The molecule has 22 heavy (non-hydrogen) atoms. The van der Waals surface area contributed by atoms with Crippen LogP contribution in [0.2, 0.25) is 0 Å². The lowest BCUT2D eigenvalue weighted by molar-refractivity contribution is 0.0906. The molecule has 1 aliphatic rings. The lowest BCUT2D eigenvalue weighted by Gasteiger charge is -2.36. The third-order valence-corrected chi connectivity index (χ3v) is 4.99. The third kappa shape index (κ3) is 4.89. The Bertz CT molecular complexity index is 511. The molecular weight excluding hydrogens is 344 g/mol. The fourth-order valence-corrected chi connectivity index (χ4v) is 2.96. The first-order valence-electron chi connectivity index (χ1n) is 6.76. The van der Waals surface area contributed by atoms with Gasteiger partial charge in [-0.15, -0.1) is 24.2 Å². The number of nitrogens with zero attached hydrogens (tertiary/aromatic N) is 2. The van der Waals surface area contributed by atoms with Crippen LogP contribution < -0.4 is 0 Å². The molecule has 1 aliphatic heterocycles. The van der Waals surface area contributed by atoms with Gasteiger partial charge < -0.3 is 20.2 Å². The van der Waals surface area contributed by atoms with Crippen molar-refractivity contribution >= 4 is 40.7 Å². The second kappa shape index (κ2) is 8.79. The summed E-state index contributed by atoms with van der Waals surface area (Å²) in [4.78, 5) is 4.35. The monoisotopic (exact) mass is 364 g/mol. The minimum absolute atomic E-state index is 0. The number of piperazine rings is 1. The van der Waals surface area contributed by atoms with Crippen LogP contribution in [0.5, 0.6) is 11.5 Å². The third-order valence-electron chi connectivity index (χ3n) is 3.62. The highest BCUT2D eigenvalue weighted by Gasteiger charge is 2.21. The fraction of sp³-hybridized carbons (Fsp3) is 0.500. The molecule has 2 rings (SSSR count). The highest BCUT2D eigenvalue weighted by atomic mass is 35.5. The second-order valence-electron chi connectivity index (χ2n) is 5.02. The van der Waals surface area contributed by atoms with Gasteiger partial charge in [0.2, 0.25) is 0 Å². The van der Waals surface area contributed by atoms with Gasteiger partial charge in [-0.1, -0.05) is 18.3 Å². The number of hydrogen-bond acceptors (Lipinski definition) is 6. The number of aliphatic hydroxyl groups excluding tert-OH is 1. The van der Waals surface area contributed by atoms with Crippen molar-refractivity contribution in [1.82, 2.24) is 9.80 Å². The Kier molecular flexibility index (Phi) is 7.71. The summed E-state index contributed by atoms with van der Waals surface area (Å²) in [5, 5.41) is 29.0. The van der Waals surface area contributed by atoms with E-state index < -0.39 is 6.10 Å². The Morgan fingerprint density at radius 1 is 1.23 bits per heavy atom. The summed E-state index contributed by atoms with van der Waals surface area (Å²) in [6, 6.07) is 4.42. The van der Waals surface area contributed by atoms with Gasteiger partial charge in [0.1, 0.15) is 4.32 Å². The van der Waals surface area contributed by atoms with Crippen LogP contribution in [0, 0.1) is 0 Å². The summed E-state index contributed by atoms with van der Waals surface area (Å²) in [6.45, 7) is 3.94. The van der Waals surface area contributed by atoms with E-state index in [9.17, 15) is 15.3 Å². The topological polar surface area (TPSA) is 67.2 Å². The van der Waals surface area contributed by atoms with E-state index in [-0.39, 0.29) is 23.9 Å². The standard InChI is InChI=1S/C14H20N2O3S2.ClH/c1-21-14(20)16-6-4-15(5-7-16)9-13(19)10-2-3-11(17)12(18)8-10;/h2-3,8,13,17-19H,4-7,9H2,1H3;1H. The predicted molar refractivity (Wildman–Crippen MR) is 96.1 cm³/mol. The number of aliphatic hydroxyl groups is 1. The zero-order chi connectivity index (χ0) is 15.4. The smallest absolute Gasteiger partial charge is 0.157 e. The lowest BCUT2D eigenvalue weighted by atomic mass is 10.1. The molecule has 1 heterocycles. The molecule has 1 atom stereocenters. The van der Waals surface area contributed by atoms with E-state index in [0.717, 1.165) is 30.5 Å². The lowest BCUT2D eigenvalue weighted by Crippen LogP contribution is -2.48. The molecule has 1 saturated heterocycles. The van der Waals surface area contributed by atoms with E-state index in [1.807, 2.05) is 6.26 Å². The van der Waals surface area contributed by atoms with Crippen molar-refractivity contribution in [2.45, 2.75) is 6.10 Å². The van der Waals surface area contributed by atoms with Crippen LogP contribution in [-0.4, -0.2) is 68.4 Å². The van der Waals surface area contributed by atoms with Gasteiger partial charge in [-0.05, 0) is 24.0 Å². The molecule has 5 nitrogen and oxygen atoms in total. The number of rotatable bonds is 3. The van der Waals surface area contributed by atoms with E-state index in [1.54, 1.807) is 17.8 Å². The Labute approximate surface area is 146 Å². The quantitative estimate of drug-likeness (QED) is 0.558. The second-order valence-corrected chi connectivity index (χ2v) is 6.46. The number of benzene rings is 1. The summed E-state index contributed by atoms with van der Waals surface area (Å²) < 4.78 is 0.915. The van der Waals surface area contributed by atoms with Crippen LogP contribution in [-0.2, 0) is 0 Å². The van der Waals surface area contributed by atoms with Crippen LogP contribution >= 0.6 is 36.4 Å². The molecule has 0 spiro atoms. The number of thiocarbonyl (C=S) groups is 1. The molecule has 0 radical (unpaired) electrons. The van der Waals surface area contributed by atoms with Crippen molar-refractivity contribution in [3.63, 3.8) is 0 Å². The minimum Gasteiger partial charge on any atom is -0.504 e. The molecule has 124 valence electrons. The van der Waals surface area contributed by atoms with Gasteiger partial charge in [0.25, 0.3) is 0 Å². The van der Waals surface area contributed by atoms with Gasteiger partial charge in [-0.25, -0.2) is 0 Å². The van der Waals surface area contributed by atoms with E-state index in [2.05, 4.69) is 9.80 Å². The van der Waals surface area contributed by atoms with Gasteiger partial charge in [0.05, 0.1) is 6.10 Å². The zero-order valence-electron chi connectivity index (χ0n) is 12.3. The van der Waals surface area contributed by atoms with Gasteiger partial charge in [-0.3, -0.25) is 4.90 Å². The maximum atomic E-state index is 10.2. The first-order valence-corrected chi connectivity index (χ1v) is 8.39. The number of aromatic hydroxyl groups is 2. The summed E-state index contributed by atoms with van der Waals surface area (Å²) in [5.41, 5.74) is 0.604. The van der Waals surface area contributed by atoms with E-state index in [1.165, 1.54) is 12.1 Å². The molecule has 0 aromatic heterocycles. The maximum absolute atomic E-state index is 10.2. The van der Waals surface area contributed by atoms with Crippen LogP contribution in [0.1, 0.15) is 11.7 Å². The summed E-state index contributed by atoms with van der Waals surface area (Å²) in [7, 11) is 0. The van der Waals surface area contributed by atoms with Crippen molar-refractivity contribution < 1.29 is 15.3 Å². The summed E-state index contributed by atoms with van der Waals surface area (Å²) in [5.74, 6) is -0.383. The Hall–Kier alpha value is -0.730. The number of halogens is 1. The normalized spacial score (nSPS) is 16.9. The van der Waals surface area contributed by atoms with Crippen molar-refractivity contribution in [1.29, 1.82) is 0 Å². The SMILES string of the molecule is CSC(=S)N1CCN(CC(O)c2ccc(O)c(O)c2)CC1.Cl. The average Bonchev–Trinajstić information content (AvgIpc) is 2.50. The van der Waals surface area contributed by atoms with Crippen molar-refractivity contribution in [2.24, 2.45) is 0 Å². The van der Waals surface area contributed by atoms with Gasteiger partial charge in [-0.2, -0.15) is 0 Å². The Morgan fingerprint density at radius 3 is 2.41 bits per heavy atom. The first-order chi connectivity index (χ1) is 10.0. The molecule has 0 aliphatic carbocycles. The largest absolute Gasteiger partial charge is 0.504 e. The minimum atomic E-state index is -0.685. The molecule has 1 fully saturated rings. The van der Waals surface area contributed by atoms with Crippen molar-refractivity contribution in [3.05, 3.63) is 23.8 Å². The molecule has 0 bridgehead atoms. The number of β-amino-alcohol motifs (C(OH)–C–C–N with tert-alkyl or cyclic N) is 1. The fourth-order valence-electron chi connectivity index (χ4n) is 2.34. The highest BCUT2D eigenvalue weighted by Crippen LogP contribution is 2.28. The molecular formula is C14H21ClN2O3S2. The van der Waals surface area contributed by atoms with E-state index in [4.69, 9.17) is 12.2 Å². The van der Waals surface area contributed by atoms with Gasteiger partial charge >= 0.3 is 0 Å². The van der Waals surface area contributed by atoms with Crippen LogP contribution in [0.25, 0.3) is 0 Å². The van der Waals surface area contributed by atoms with Crippen LogP contribution in [0.4, 0.5) is 0 Å². The number of phenols is 2. The van der Waals surface area contributed by atoms with Crippen molar-refractivity contribution in [3.8, 4) is 11.5 Å². The number of thioether (sulfide) groups is 1. The van der Waals surface area contributed by atoms with Crippen LogP contribution in [0.15, 0.2) is 18.2 Å². The molecule has 3 N–H and O–H groups in total. The molecule has 1 aromatic carbocycles. The van der Waals surface area contributed by atoms with E-state index in [0.29, 0.717) is 12.1 Å². The Morgan fingerprint density at radius 2 is 1.86 bits per heavy atom. The molecule has 1 unspecified atom stereocenters. The summed E-state index contributed by atoms with van der Waals surface area (Å²) >= 11 is 6.86. The van der Waals surface area contributed by atoms with E-state index >= 15 is 0 Å². The average molecular weight is 365 g/mol. The zero-order valence-corrected chi connectivity index (χ0v) is 14.8. The number of hydrogen-bond donors (Lipinski definition) is 3. The molecule has 1 aromatic rings. The predicted octanol–water partition coefficient (Wildman–Crippen LogP) is 1.82. The maximum Gasteiger partial charge on any atom is 0.157 e. The summed E-state index contributed by atoms with van der Waals surface area (Å²) in [6.07, 6.45) is 1.30. The van der Waals surface area contributed by atoms with Crippen molar-refractivity contribution in [2.75, 3.05) is 39.0 Å². The number of phenolic OH excluding ortho intramolecular Hbond substituents is 2. The molecule has 0 saturated carbocycles. The van der Waals surface area contributed by atoms with Crippen LogP contribution in [0.3, 0.4) is 0 Å².